The first kappa shape index (κ1) is 25.5. The first-order chi connectivity index (χ1) is 18.3. The van der Waals surface area contributed by atoms with Crippen molar-refractivity contribution in [1.82, 2.24) is 15.3 Å². The molecule has 0 saturated heterocycles. The molecule has 196 valence electrons. The summed E-state index contributed by atoms with van der Waals surface area (Å²) in [6.07, 6.45) is -1.26. The first-order valence-electron chi connectivity index (χ1n) is 11.8. The van der Waals surface area contributed by atoms with E-state index in [0.717, 1.165) is 10.9 Å². The maximum Gasteiger partial charge on any atom is 0.528 e. The van der Waals surface area contributed by atoms with Crippen molar-refractivity contribution in [3.63, 3.8) is 0 Å². The van der Waals surface area contributed by atoms with Crippen LogP contribution in [0.5, 0.6) is 5.75 Å². The van der Waals surface area contributed by atoms with Gasteiger partial charge in [-0.2, -0.15) is 5.10 Å². The van der Waals surface area contributed by atoms with Gasteiger partial charge in [-0.1, -0.05) is 35.9 Å². The maximum absolute atomic E-state index is 14.0. The van der Waals surface area contributed by atoms with E-state index in [2.05, 4.69) is 10.2 Å². The van der Waals surface area contributed by atoms with E-state index >= 15 is 0 Å². The highest BCUT2D eigenvalue weighted by Crippen LogP contribution is 2.41. The van der Waals surface area contributed by atoms with Crippen molar-refractivity contribution in [3.8, 4) is 5.75 Å². The number of aromatic nitrogens is 2. The van der Waals surface area contributed by atoms with Gasteiger partial charge in [0.1, 0.15) is 17.7 Å². The topological polar surface area (TPSA) is 114 Å². The van der Waals surface area contributed by atoms with Gasteiger partial charge in [-0.25, -0.2) is 14.0 Å². The molecule has 38 heavy (non-hydrogen) atoms. The van der Waals surface area contributed by atoms with Crippen molar-refractivity contribution in [1.29, 1.82) is 0 Å². The smallest absolute Gasteiger partial charge is 0.482 e. The number of halogens is 2. The van der Waals surface area contributed by atoms with Crippen LogP contribution in [0.4, 0.5) is 9.18 Å². The van der Waals surface area contributed by atoms with Crippen molar-refractivity contribution in [2.24, 2.45) is 0 Å². The maximum atomic E-state index is 14.0. The summed E-state index contributed by atoms with van der Waals surface area (Å²) in [4.78, 5) is 29.8. The Bertz CT molecular complexity index is 1510. The van der Waals surface area contributed by atoms with E-state index < -0.39 is 36.7 Å². The molecule has 0 amide bonds. The number of carbonyl (C=O) groups is 2. The van der Waals surface area contributed by atoms with E-state index in [1.807, 2.05) is 24.3 Å². The normalized spacial score (nSPS) is 16.0. The molecule has 0 saturated carbocycles. The van der Waals surface area contributed by atoms with E-state index in [1.165, 1.54) is 17.2 Å². The van der Waals surface area contributed by atoms with E-state index in [1.54, 1.807) is 31.2 Å². The molecule has 0 aliphatic carbocycles. The van der Waals surface area contributed by atoms with E-state index in [4.69, 9.17) is 31.0 Å². The highest BCUT2D eigenvalue weighted by Gasteiger charge is 2.35. The Kier molecular flexibility index (Phi) is 7.17. The van der Waals surface area contributed by atoms with Crippen molar-refractivity contribution in [2.45, 2.75) is 25.5 Å². The minimum atomic E-state index is -1.16. The molecule has 0 spiro atoms. The van der Waals surface area contributed by atoms with E-state index in [0.29, 0.717) is 33.8 Å². The van der Waals surface area contributed by atoms with Crippen LogP contribution in [0, 0.1) is 5.82 Å². The van der Waals surface area contributed by atoms with Gasteiger partial charge < -0.3 is 19.4 Å². The molecule has 1 aliphatic heterocycles. The Morgan fingerprint density at radius 2 is 2.00 bits per heavy atom. The van der Waals surface area contributed by atoms with Gasteiger partial charge in [0.05, 0.1) is 17.3 Å². The first-order valence-corrected chi connectivity index (χ1v) is 12.2. The molecule has 9 nitrogen and oxygen atoms in total. The number of nitrogens with zero attached hydrogens (tertiary/aromatic N) is 2. The number of hydroxylamine groups is 2. The molecule has 0 bridgehead atoms. The third-order valence-corrected chi connectivity index (χ3v) is 6.50. The number of carboxylic acid groups (broad SMARTS) is 1. The number of carbonyl (C=O) groups excluding carboxylic acids is 1. The Labute approximate surface area is 221 Å². The second-order valence-electron chi connectivity index (χ2n) is 8.76. The number of aromatic amines is 1. The number of H-pyrrole nitrogens is 1. The summed E-state index contributed by atoms with van der Waals surface area (Å²) in [6, 6.07) is 15.7. The molecule has 0 radical (unpaired) electrons. The Morgan fingerprint density at radius 1 is 1.18 bits per heavy atom. The monoisotopic (exact) mass is 539 g/mol. The number of ether oxygens (including phenoxy) is 2. The molecular weight excluding hydrogens is 517 g/mol. The predicted molar refractivity (Wildman–Crippen MR) is 135 cm³/mol. The number of aliphatic carboxylic acids is 1. The summed E-state index contributed by atoms with van der Waals surface area (Å²) in [5, 5.41) is 18.8. The third-order valence-electron chi connectivity index (χ3n) is 6.27. The van der Waals surface area contributed by atoms with Gasteiger partial charge in [0.25, 0.3) is 0 Å². The van der Waals surface area contributed by atoms with Crippen molar-refractivity contribution in [2.75, 3.05) is 13.2 Å². The molecule has 4 aromatic rings. The van der Waals surface area contributed by atoms with Gasteiger partial charge in [-0.05, 0) is 60.9 Å². The van der Waals surface area contributed by atoms with E-state index in [9.17, 15) is 14.0 Å². The average Bonchev–Trinajstić information content (AvgIpc) is 3.32. The van der Waals surface area contributed by atoms with Crippen LogP contribution in [0.2, 0.25) is 5.02 Å². The molecule has 1 unspecified atom stereocenters. The fourth-order valence-electron chi connectivity index (χ4n) is 4.61. The minimum absolute atomic E-state index is 0.211. The van der Waals surface area contributed by atoms with Crippen LogP contribution in [-0.2, 0) is 20.8 Å². The summed E-state index contributed by atoms with van der Waals surface area (Å²) in [5.41, 5.74) is 3.17. The molecule has 11 heteroatoms. The number of para-hydroxylation sites is 1. The van der Waals surface area contributed by atoms with Crippen LogP contribution in [-0.4, -0.2) is 45.6 Å². The second-order valence-corrected chi connectivity index (χ2v) is 9.19. The Hall–Kier alpha value is -4.15. The SMILES string of the molecule is CC(OC(=O)ON1CCc2cc(F)ccc2[C@H]1c1cc(Cl)ccc1OCC(=O)O)c1[nH]nc2ccccc12. The number of fused-ring (bicyclic) bond motifs is 2. The largest absolute Gasteiger partial charge is 0.528 e. The number of hydrogen-bond donors (Lipinski definition) is 2. The number of rotatable bonds is 7. The van der Waals surface area contributed by atoms with Crippen LogP contribution in [0.25, 0.3) is 10.9 Å². The molecule has 3 aromatic carbocycles. The Balaban J connectivity index is 1.44. The Morgan fingerprint density at radius 3 is 2.82 bits per heavy atom. The summed E-state index contributed by atoms with van der Waals surface area (Å²) < 4.78 is 25.1. The third kappa shape index (κ3) is 5.27. The summed E-state index contributed by atoms with van der Waals surface area (Å²) in [7, 11) is 0. The molecule has 0 fully saturated rings. The van der Waals surface area contributed by atoms with Gasteiger partial charge in [0, 0.05) is 22.5 Å². The number of benzene rings is 3. The van der Waals surface area contributed by atoms with Crippen LogP contribution >= 0.6 is 11.6 Å². The van der Waals surface area contributed by atoms with Crippen LogP contribution in [0.15, 0.2) is 60.7 Å². The fourth-order valence-corrected chi connectivity index (χ4v) is 4.79. The predicted octanol–water partition coefficient (Wildman–Crippen LogP) is 5.60. The van der Waals surface area contributed by atoms with Gasteiger partial charge >= 0.3 is 12.1 Å². The highest BCUT2D eigenvalue weighted by atomic mass is 35.5. The fraction of sp³-hybridized carbons (Fsp3) is 0.222. The number of hydrogen-bond acceptors (Lipinski definition) is 7. The summed E-state index contributed by atoms with van der Waals surface area (Å²) in [5.74, 6) is -1.32. The highest BCUT2D eigenvalue weighted by molar-refractivity contribution is 6.30. The van der Waals surface area contributed by atoms with E-state index in [-0.39, 0.29) is 12.3 Å². The van der Waals surface area contributed by atoms with Gasteiger partial charge in [-0.3, -0.25) is 5.10 Å². The number of nitrogens with one attached hydrogen (secondary N) is 1. The zero-order valence-corrected chi connectivity index (χ0v) is 20.9. The lowest BCUT2D eigenvalue weighted by atomic mass is 9.89. The molecule has 2 N–H and O–H groups in total. The molecule has 2 heterocycles. The van der Waals surface area contributed by atoms with Crippen molar-refractivity contribution >= 4 is 34.6 Å². The van der Waals surface area contributed by atoms with Crippen LogP contribution in [0.1, 0.15) is 41.5 Å². The molecular formula is C27H23ClFN3O6. The summed E-state index contributed by atoms with van der Waals surface area (Å²) in [6.45, 7) is 1.32. The number of carboxylic acids is 1. The standard InChI is InChI=1S/C27H23ClFN3O6/c1-15(25-20-4-2-3-5-22(20)30-31-25)37-27(35)38-32-11-10-16-12-18(29)7-8-19(16)26(32)21-13-17(28)6-9-23(21)36-14-24(33)34/h2-9,12-13,15,26H,10-11,14H2,1H3,(H,30,31)(H,33,34)/t15?,26-/m0/s1. The van der Waals surface area contributed by atoms with Crippen molar-refractivity contribution in [3.05, 3.63) is 93.9 Å². The quantitative estimate of drug-likeness (QED) is 0.292. The molecule has 1 aliphatic rings. The van der Waals surface area contributed by atoms with Crippen molar-refractivity contribution < 1.29 is 33.4 Å². The lowest BCUT2D eigenvalue weighted by Gasteiger charge is -2.36. The van der Waals surface area contributed by atoms with Crippen LogP contribution < -0.4 is 4.74 Å². The van der Waals surface area contributed by atoms with Gasteiger partial charge in [-0.15, -0.1) is 5.06 Å². The second kappa shape index (κ2) is 10.7. The summed E-state index contributed by atoms with van der Waals surface area (Å²) >= 11 is 6.29. The van der Waals surface area contributed by atoms with Gasteiger partial charge in [0.2, 0.25) is 0 Å². The zero-order valence-electron chi connectivity index (χ0n) is 20.2. The average molecular weight is 540 g/mol. The van der Waals surface area contributed by atoms with Gasteiger partial charge in [0.15, 0.2) is 6.61 Å². The minimum Gasteiger partial charge on any atom is -0.482 e. The molecule has 5 rings (SSSR count). The molecule has 1 aromatic heterocycles. The zero-order chi connectivity index (χ0) is 26.8. The lowest BCUT2D eigenvalue weighted by Crippen LogP contribution is -2.38. The lowest BCUT2D eigenvalue weighted by molar-refractivity contribution is -0.156. The molecule has 2 atom stereocenters. The van der Waals surface area contributed by atoms with Crippen LogP contribution in [0.3, 0.4) is 0 Å².